The van der Waals surface area contributed by atoms with Crippen LogP contribution in [0.2, 0.25) is 0 Å². The maximum absolute atomic E-state index is 12.3. The van der Waals surface area contributed by atoms with Crippen LogP contribution in [-0.2, 0) is 9.53 Å². The fourth-order valence-electron chi connectivity index (χ4n) is 3.56. The molecule has 2 aromatic carbocycles. The first kappa shape index (κ1) is 17.9. The first-order valence-electron chi connectivity index (χ1n) is 8.23. The van der Waals surface area contributed by atoms with Crippen LogP contribution < -0.4 is 10.1 Å². The van der Waals surface area contributed by atoms with E-state index in [0.29, 0.717) is 11.3 Å². The van der Waals surface area contributed by atoms with E-state index in [0.717, 1.165) is 5.56 Å². The number of rotatable bonds is 5. The van der Waals surface area contributed by atoms with Gasteiger partial charge in [-0.2, -0.15) is 0 Å². The van der Waals surface area contributed by atoms with Crippen molar-refractivity contribution in [2.45, 2.75) is 24.0 Å². The van der Waals surface area contributed by atoms with Gasteiger partial charge in [-0.15, -0.1) is 0 Å². The van der Waals surface area contributed by atoms with Crippen molar-refractivity contribution in [2.24, 2.45) is 0 Å². The second-order valence-corrected chi connectivity index (χ2v) is 6.13. The highest BCUT2D eigenvalue weighted by atomic mass is 16.6. The van der Waals surface area contributed by atoms with Crippen molar-refractivity contribution in [2.75, 3.05) is 14.2 Å². The van der Waals surface area contributed by atoms with Crippen molar-refractivity contribution in [1.29, 1.82) is 0 Å². The maximum Gasteiger partial charge on any atom is 0.323 e. The molecule has 0 unspecified atom stereocenters. The number of hydrogen-bond donors (Lipinski definition) is 1. The zero-order chi connectivity index (χ0) is 18.7. The highest BCUT2D eigenvalue weighted by Gasteiger charge is 2.54. The Labute approximate surface area is 151 Å². The van der Waals surface area contributed by atoms with Crippen LogP contribution in [0.5, 0.6) is 5.75 Å². The standard InChI is InChI=1S/C19H20N2O5/c1-25-14-10-8-12(9-11-14)15-17(19(22)26-2)20-16(18(15)21(23)24)13-6-4-3-5-7-13/h3-11,15-18,20H,1-2H3/t15-,16+,17+,18+/m1/s1. The summed E-state index contributed by atoms with van der Waals surface area (Å²) in [4.78, 5) is 24.0. The van der Waals surface area contributed by atoms with E-state index >= 15 is 0 Å². The summed E-state index contributed by atoms with van der Waals surface area (Å²) in [7, 11) is 2.83. The van der Waals surface area contributed by atoms with Gasteiger partial charge >= 0.3 is 5.97 Å². The first-order valence-corrected chi connectivity index (χ1v) is 8.23. The molecule has 1 saturated heterocycles. The van der Waals surface area contributed by atoms with Crippen LogP contribution in [0.1, 0.15) is 23.1 Å². The van der Waals surface area contributed by atoms with Gasteiger partial charge in [-0.25, -0.2) is 0 Å². The Kier molecular flexibility index (Phi) is 5.18. The lowest BCUT2D eigenvalue weighted by atomic mass is 9.85. The van der Waals surface area contributed by atoms with Crippen molar-refractivity contribution in [3.63, 3.8) is 0 Å². The molecule has 0 bridgehead atoms. The minimum Gasteiger partial charge on any atom is -0.497 e. The molecule has 4 atom stereocenters. The number of methoxy groups -OCH3 is 2. The predicted octanol–water partition coefficient (Wildman–Crippen LogP) is 2.31. The molecule has 0 radical (unpaired) electrons. The number of nitrogens with zero attached hydrogens (tertiary/aromatic N) is 1. The Hall–Kier alpha value is -2.93. The molecule has 1 N–H and O–H groups in total. The number of esters is 1. The molecule has 0 spiro atoms. The van der Waals surface area contributed by atoms with Crippen LogP contribution in [0.15, 0.2) is 54.6 Å². The van der Waals surface area contributed by atoms with Gasteiger partial charge in [0.05, 0.1) is 20.1 Å². The summed E-state index contributed by atoms with van der Waals surface area (Å²) in [5.74, 6) is -0.531. The molecule has 1 aliphatic rings. The number of nitrogens with one attached hydrogen (secondary N) is 1. The second-order valence-electron chi connectivity index (χ2n) is 6.13. The molecule has 7 nitrogen and oxygen atoms in total. The van der Waals surface area contributed by atoms with E-state index < -0.39 is 30.0 Å². The van der Waals surface area contributed by atoms with E-state index in [2.05, 4.69) is 5.32 Å². The van der Waals surface area contributed by atoms with Gasteiger partial charge in [0.15, 0.2) is 0 Å². The van der Waals surface area contributed by atoms with E-state index in [4.69, 9.17) is 9.47 Å². The molecule has 136 valence electrons. The summed E-state index contributed by atoms with van der Waals surface area (Å²) in [6, 6.07) is 13.7. The van der Waals surface area contributed by atoms with Crippen molar-refractivity contribution in [1.82, 2.24) is 5.32 Å². The molecule has 1 heterocycles. The summed E-state index contributed by atoms with van der Waals surface area (Å²) in [5.41, 5.74) is 1.45. The highest BCUT2D eigenvalue weighted by Crippen LogP contribution is 2.40. The van der Waals surface area contributed by atoms with Crippen molar-refractivity contribution < 1.29 is 19.2 Å². The monoisotopic (exact) mass is 356 g/mol. The number of ether oxygens (including phenoxy) is 2. The van der Waals surface area contributed by atoms with E-state index in [1.54, 1.807) is 31.4 Å². The quantitative estimate of drug-likeness (QED) is 0.502. The minimum atomic E-state index is -1.00. The SMILES string of the molecule is COC(=O)[C@H]1N[C@@H](c2ccccc2)[C@@H]([N+](=O)[O-])[C@@H]1c1ccc(OC)cc1. The van der Waals surface area contributed by atoms with E-state index in [1.807, 2.05) is 30.3 Å². The largest absolute Gasteiger partial charge is 0.497 e. The van der Waals surface area contributed by atoms with Gasteiger partial charge in [-0.1, -0.05) is 42.5 Å². The zero-order valence-electron chi connectivity index (χ0n) is 14.5. The maximum atomic E-state index is 12.3. The van der Waals surface area contributed by atoms with Gasteiger partial charge < -0.3 is 9.47 Å². The zero-order valence-corrected chi connectivity index (χ0v) is 14.5. The van der Waals surface area contributed by atoms with Crippen molar-refractivity contribution in [3.05, 3.63) is 75.8 Å². The Morgan fingerprint density at radius 1 is 1.04 bits per heavy atom. The fraction of sp³-hybridized carbons (Fsp3) is 0.316. The molecule has 2 aromatic rings. The summed E-state index contributed by atoms with van der Waals surface area (Å²) in [5, 5.41) is 15.1. The smallest absolute Gasteiger partial charge is 0.323 e. The van der Waals surface area contributed by atoms with Crippen LogP contribution in [0, 0.1) is 10.1 Å². The fourth-order valence-corrected chi connectivity index (χ4v) is 3.56. The Morgan fingerprint density at radius 2 is 1.69 bits per heavy atom. The molecule has 26 heavy (non-hydrogen) atoms. The van der Waals surface area contributed by atoms with E-state index in [-0.39, 0.29) is 4.92 Å². The third-order valence-corrected chi connectivity index (χ3v) is 4.79. The summed E-state index contributed by atoms with van der Waals surface area (Å²) >= 11 is 0. The van der Waals surface area contributed by atoms with Crippen molar-refractivity contribution in [3.8, 4) is 5.75 Å². The van der Waals surface area contributed by atoms with Gasteiger partial charge in [0.25, 0.3) is 0 Å². The van der Waals surface area contributed by atoms with Gasteiger partial charge in [-0.3, -0.25) is 20.2 Å². The molecule has 0 amide bonds. The van der Waals surface area contributed by atoms with Crippen LogP contribution in [0.3, 0.4) is 0 Å². The second kappa shape index (κ2) is 7.53. The highest BCUT2D eigenvalue weighted by molar-refractivity contribution is 5.78. The number of carbonyl (C=O) groups excluding carboxylic acids is 1. The molecule has 0 aliphatic carbocycles. The van der Waals surface area contributed by atoms with Gasteiger partial charge in [0, 0.05) is 4.92 Å². The molecule has 7 heteroatoms. The topological polar surface area (TPSA) is 90.7 Å². The Balaban J connectivity index is 2.06. The lowest BCUT2D eigenvalue weighted by Gasteiger charge is -2.19. The van der Waals surface area contributed by atoms with Crippen LogP contribution >= 0.6 is 0 Å². The molecule has 0 aromatic heterocycles. The van der Waals surface area contributed by atoms with Crippen LogP contribution in [-0.4, -0.2) is 37.2 Å². The third-order valence-electron chi connectivity index (χ3n) is 4.79. The summed E-state index contributed by atoms with van der Waals surface area (Å²) in [6.45, 7) is 0. The van der Waals surface area contributed by atoms with E-state index in [9.17, 15) is 14.9 Å². The van der Waals surface area contributed by atoms with Crippen LogP contribution in [0.25, 0.3) is 0 Å². The predicted molar refractivity (Wildman–Crippen MR) is 94.6 cm³/mol. The molecule has 0 saturated carbocycles. The lowest BCUT2D eigenvalue weighted by molar-refractivity contribution is -0.527. The Morgan fingerprint density at radius 3 is 2.23 bits per heavy atom. The molecule has 3 rings (SSSR count). The Bertz CT molecular complexity index is 778. The van der Waals surface area contributed by atoms with Crippen molar-refractivity contribution >= 4 is 5.97 Å². The number of nitro groups is 1. The van der Waals surface area contributed by atoms with E-state index in [1.165, 1.54) is 7.11 Å². The average molecular weight is 356 g/mol. The third kappa shape index (κ3) is 3.25. The normalized spacial score (nSPS) is 24.8. The average Bonchev–Trinajstić information content (AvgIpc) is 3.09. The molecule has 1 aliphatic heterocycles. The minimum absolute atomic E-state index is 0.317. The summed E-state index contributed by atoms with van der Waals surface area (Å²) < 4.78 is 10.0. The van der Waals surface area contributed by atoms with Gasteiger partial charge in [0.1, 0.15) is 17.8 Å². The number of carbonyl (C=O) groups is 1. The number of hydrogen-bond acceptors (Lipinski definition) is 6. The first-order chi connectivity index (χ1) is 12.6. The summed E-state index contributed by atoms with van der Waals surface area (Å²) in [6.07, 6.45) is 0. The van der Waals surface area contributed by atoms with Gasteiger partial charge in [0.2, 0.25) is 6.04 Å². The number of benzene rings is 2. The lowest BCUT2D eigenvalue weighted by Crippen LogP contribution is -2.37. The molecular weight excluding hydrogens is 336 g/mol. The molecular formula is C19H20N2O5. The molecule has 1 fully saturated rings. The van der Waals surface area contributed by atoms with Crippen LogP contribution in [0.4, 0.5) is 0 Å². The van der Waals surface area contributed by atoms with Gasteiger partial charge in [-0.05, 0) is 23.3 Å².